The summed E-state index contributed by atoms with van der Waals surface area (Å²) < 4.78 is 5.24. The Balaban J connectivity index is 1.42. The normalized spacial score (nSPS) is 12.3. The fraction of sp³-hybridized carbons (Fsp3) is 0.538. The molecule has 0 bridgehead atoms. The van der Waals surface area contributed by atoms with Gasteiger partial charge in [0.05, 0.1) is 18.5 Å². The van der Waals surface area contributed by atoms with E-state index in [2.05, 4.69) is 94.0 Å². The second-order valence-corrected chi connectivity index (χ2v) is 13.5. The van der Waals surface area contributed by atoms with Crippen molar-refractivity contribution in [2.45, 2.75) is 79.1 Å². The highest BCUT2D eigenvalue weighted by atomic mass is 16.5. The molecule has 2 aromatic heterocycles. The fourth-order valence-corrected chi connectivity index (χ4v) is 5.93. The minimum absolute atomic E-state index is 0.165. The first-order chi connectivity index (χ1) is 26.8. The maximum atomic E-state index is 6.08. The predicted molar refractivity (Wildman–Crippen MR) is 225 cm³/mol. The van der Waals surface area contributed by atoms with Crippen LogP contribution >= 0.6 is 0 Å². The zero-order chi connectivity index (χ0) is 39.3. The van der Waals surface area contributed by atoms with Crippen LogP contribution in [0.25, 0.3) is 0 Å². The quantitative estimate of drug-likeness (QED) is 0.0336. The number of anilines is 7. The molecule has 2 aromatic carbocycles. The summed E-state index contributed by atoms with van der Waals surface area (Å²) in [6.45, 7) is 12.8. The Morgan fingerprint density at radius 3 is 1.42 bits per heavy atom. The summed E-state index contributed by atoms with van der Waals surface area (Å²) in [4.78, 5) is 28.7. The first-order valence-electron chi connectivity index (χ1n) is 19.7. The summed E-state index contributed by atoms with van der Waals surface area (Å²) >= 11 is 0. The fourth-order valence-electron chi connectivity index (χ4n) is 5.93. The number of nitrogens with zero attached hydrogens (tertiary/aromatic N) is 9. The molecule has 0 aliphatic rings. The zero-order valence-corrected chi connectivity index (χ0v) is 33.3. The van der Waals surface area contributed by atoms with Crippen molar-refractivity contribution < 1.29 is 4.74 Å². The minimum atomic E-state index is 0.165. The minimum Gasteiger partial charge on any atom is -0.497 e. The third-order valence-corrected chi connectivity index (χ3v) is 9.39. The molecule has 16 heteroatoms. The summed E-state index contributed by atoms with van der Waals surface area (Å²) in [5.74, 6) is 3.99. The molecule has 16 nitrogen and oxygen atoms in total. The lowest BCUT2D eigenvalue weighted by atomic mass is 9.99. The van der Waals surface area contributed by atoms with E-state index in [9.17, 15) is 0 Å². The smallest absolute Gasteiger partial charge is 0.229 e. The average Bonchev–Trinajstić information content (AvgIpc) is 3.19. The number of ether oxygens (including phenoxy) is 1. The third kappa shape index (κ3) is 15.0. The number of unbranched alkanes of at least 4 members (excludes halogenated alkanes) is 2. The van der Waals surface area contributed by atoms with Gasteiger partial charge in [-0.15, -0.1) is 0 Å². The first kappa shape index (κ1) is 42.2. The number of hydrogen-bond acceptors (Lipinski definition) is 16. The van der Waals surface area contributed by atoms with Crippen molar-refractivity contribution in [3.63, 3.8) is 0 Å². The van der Waals surface area contributed by atoms with Crippen molar-refractivity contribution in [2.75, 3.05) is 84.0 Å². The summed E-state index contributed by atoms with van der Waals surface area (Å²) in [6.07, 6.45) is 9.28. The molecule has 0 aliphatic heterocycles. The Hall–Kier alpha value is -5.54. The molecule has 8 N–H and O–H groups in total. The summed E-state index contributed by atoms with van der Waals surface area (Å²) in [6, 6.07) is 15.4. The molecule has 298 valence electrons. The second kappa shape index (κ2) is 23.3. The van der Waals surface area contributed by atoms with E-state index in [1.54, 1.807) is 7.11 Å². The number of benzene rings is 2. The van der Waals surface area contributed by atoms with Gasteiger partial charge in [0.25, 0.3) is 0 Å². The van der Waals surface area contributed by atoms with Crippen LogP contribution in [0.3, 0.4) is 0 Å². The van der Waals surface area contributed by atoms with E-state index in [4.69, 9.17) is 16.2 Å². The molecule has 2 heterocycles. The molecule has 0 amide bonds. The van der Waals surface area contributed by atoms with Gasteiger partial charge in [0.15, 0.2) is 0 Å². The molecule has 0 aliphatic carbocycles. The van der Waals surface area contributed by atoms with Crippen molar-refractivity contribution in [3.8, 4) is 5.75 Å². The molecule has 0 spiro atoms. The molecule has 0 radical (unpaired) electrons. The van der Waals surface area contributed by atoms with Crippen molar-refractivity contribution in [1.29, 1.82) is 0 Å². The highest BCUT2D eigenvalue weighted by Crippen LogP contribution is 2.24. The van der Waals surface area contributed by atoms with Gasteiger partial charge in [0.2, 0.25) is 35.7 Å². The van der Waals surface area contributed by atoms with E-state index in [1.807, 2.05) is 48.5 Å². The Labute approximate surface area is 326 Å². The average molecular weight is 756 g/mol. The van der Waals surface area contributed by atoms with Crippen molar-refractivity contribution >= 4 is 52.8 Å². The van der Waals surface area contributed by atoms with Gasteiger partial charge in [-0.2, -0.15) is 40.1 Å². The maximum absolute atomic E-state index is 6.08. The largest absolute Gasteiger partial charge is 0.497 e. The van der Waals surface area contributed by atoms with Crippen LogP contribution in [0.1, 0.15) is 79.1 Å². The molecule has 55 heavy (non-hydrogen) atoms. The molecule has 0 saturated carbocycles. The van der Waals surface area contributed by atoms with Crippen molar-refractivity contribution in [3.05, 3.63) is 48.5 Å². The van der Waals surface area contributed by atoms with Crippen LogP contribution in [0.15, 0.2) is 58.8 Å². The number of methoxy groups -OCH3 is 1. The van der Waals surface area contributed by atoms with E-state index < -0.39 is 0 Å². The lowest BCUT2D eigenvalue weighted by Gasteiger charge is -2.25. The van der Waals surface area contributed by atoms with E-state index in [1.165, 1.54) is 38.5 Å². The molecule has 4 aromatic rings. The highest BCUT2D eigenvalue weighted by Gasteiger charge is 2.13. The van der Waals surface area contributed by atoms with Gasteiger partial charge in [-0.25, -0.2) is 0 Å². The first-order valence-corrected chi connectivity index (χ1v) is 19.7. The van der Waals surface area contributed by atoms with Crippen LogP contribution < -0.4 is 42.4 Å². The van der Waals surface area contributed by atoms with Crippen LogP contribution in [-0.4, -0.2) is 76.3 Å². The number of rotatable bonds is 26. The lowest BCUT2D eigenvalue weighted by Crippen LogP contribution is -2.34. The zero-order valence-electron chi connectivity index (χ0n) is 33.3. The Bertz CT molecular complexity index is 1630. The van der Waals surface area contributed by atoms with Crippen molar-refractivity contribution in [1.82, 2.24) is 29.9 Å². The standard InChI is InChI=1S/C39H61N15O/c1-6-10-12-28(8-3)26-44-38-48-34(40)46-36(50-38)42-22-24-54(32-18-14-30(15-19-32)52-53-31-16-20-33(55-5)21-17-31)25-23-43-37-47-35(41)49-39(51-37)45-27-29(9-4)13-11-7-2/h14-21,28-29H,6-13,22-27H2,1-5H3,(H4,40,42,44,46,48,50)(H4,41,43,45,47,49,51)/b53-52+. The molecule has 0 saturated heterocycles. The predicted octanol–water partition coefficient (Wildman–Crippen LogP) is 7.93. The SMILES string of the molecule is CCCCC(CC)CNc1nc(N)nc(NCCN(CCNc2nc(N)nc(NCC(CC)CCCC)n2)c2ccc(/N=N/c3ccc(OC)cc3)cc2)n1. The van der Waals surface area contributed by atoms with Gasteiger partial charge in [-0.1, -0.05) is 66.2 Å². The van der Waals surface area contributed by atoms with Crippen LogP contribution in [0.4, 0.5) is 52.8 Å². The van der Waals surface area contributed by atoms with E-state index in [0.717, 1.165) is 48.7 Å². The highest BCUT2D eigenvalue weighted by molar-refractivity contribution is 5.54. The van der Waals surface area contributed by atoms with Crippen LogP contribution in [0, 0.1) is 11.8 Å². The number of nitrogens with two attached hydrogens (primary N) is 2. The Morgan fingerprint density at radius 2 is 1.02 bits per heavy atom. The van der Waals surface area contributed by atoms with E-state index in [0.29, 0.717) is 61.8 Å². The van der Waals surface area contributed by atoms with Crippen LogP contribution in [0.5, 0.6) is 5.75 Å². The van der Waals surface area contributed by atoms with E-state index >= 15 is 0 Å². The lowest BCUT2D eigenvalue weighted by molar-refractivity contribution is 0.415. The van der Waals surface area contributed by atoms with Gasteiger partial charge in [0.1, 0.15) is 5.75 Å². The topological polar surface area (TPSA) is 215 Å². The second-order valence-electron chi connectivity index (χ2n) is 13.5. The number of hydrogen-bond donors (Lipinski definition) is 6. The van der Waals surface area contributed by atoms with Gasteiger partial charge < -0.3 is 42.4 Å². The number of nitrogens with one attached hydrogen (secondary N) is 4. The van der Waals surface area contributed by atoms with Gasteiger partial charge in [-0.05, 0) is 73.2 Å². The summed E-state index contributed by atoms with van der Waals surface area (Å²) in [5, 5.41) is 22.2. The molecule has 2 unspecified atom stereocenters. The Morgan fingerprint density at radius 1 is 0.600 bits per heavy atom. The van der Waals surface area contributed by atoms with E-state index in [-0.39, 0.29) is 11.9 Å². The summed E-state index contributed by atoms with van der Waals surface area (Å²) in [7, 11) is 1.64. The maximum Gasteiger partial charge on any atom is 0.229 e. The number of aromatic nitrogens is 6. The van der Waals surface area contributed by atoms with Crippen LogP contribution in [0.2, 0.25) is 0 Å². The molecule has 4 rings (SSSR count). The Kier molecular flexibility index (Phi) is 17.9. The van der Waals surface area contributed by atoms with Gasteiger partial charge in [0, 0.05) is 45.0 Å². The van der Waals surface area contributed by atoms with Crippen molar-refractivity contribution in [2.24, 2.45) is 22.1 Å². The van der Waals surface area contributed by atoms with Gasteiger partial charge >= 0.3 is 0 Å². The van der Waals surface area contributed by atoms with Gasteiger partial charge in [-0.3, -0.25) is 0 Å². The van der Waals surface area contributed by atoms with Crippen LogP contribution in [-0.2, 0) is 0 Å². The molecule has 2 atom stereocenters. The third-order valence-electron chi connectivity index (χ3n) is 9.39. The molecular formula is C39H61N15O. The summed E-state index contributed by atoms with van der Waals surface area (Å²) in [5.41, 5.74) is 14.6. The molecular weight excluding hydrogens is 695 g/mol. The number of azo groups is 1. The number of nitrogen functional groups attached to an aromatic ring is 2. The molecule has 0 fully saturated rings. The monoisotopic (exact) mass is 756 g/mol.